The maximum absolute atomic E-state index is 14.1. The van der Waals surface area contributed by atoms with Gasteiger partial charge in [-0.3, -0.25) is 9.59 Å². The number of piperazine rings is 1. The van der Waals surface area contributed by atoms with E-state index in [-0.39, 0.29) is 39.9 Å². The second-order valence-electron chi connectivity index (χ2n) is 14.3. The van der Waals surface area contributed by atoms with Crippen molar-refractivity contribution in [2.45, 2.75) is 85.5 Å². The predicted octanol–water partition coefficient (Wildman–Crippen LogP) is 3.74. The van der Waals surface area contributed by atoms with E-state index >= 15 is 0 Å². The molecule has 10 heteroatoms. The monoisotopic (exact) mass is 605 g/mol. The second-order valence-corrected chi connectivity index (χ2v) is 14.3. The molecule has 3 heterocycles. The summed E-state index contributed by atoms with van der Waals surface area (Å²) in [6.45, 7) is 18.0. The first-order chi connectivity index (χ1) is 20.9. The van der Waals surface area contributed by atoms with Crippen molar-refractivity contribution in [2.75, 3.05) is 31.1 Å². The standard InChI is InChI=1S/C34H47N5O5/c1-7-32(5)17-25(33(6)20(3)9-11-34(21(4)28(32)42)12-10-24(40)27(33)34)44-30(43)23-19-38(8-2)29-22(26(23)41)18-36-31(37-29)39-15-13-35-14-16-39/h7,18-21,25,27-28,35,42H,1,8-17H2,2-6H3/t20-,21+,25-,27?,28+,32-,33+,34?/m1/s1. The highest BCUT2D eigenvalue weighted by molar-refractivity contribution is 5.93. The first-order valence-corrected chi connectivity index (χ1v) is 16.3. The summed E-state index contributed by atoms with van der Waals surface area (Å²) >= 11 is 0. The summed E-state index contributed by atoms with van der Waals surface area (Å²) in [7, 11) is 0. The van der Waals surface area contributed by atoms with Crippen LogP contribution in [0.15, 0.2) is 29.8 Å². The van der Waals surface area contributed by atoms with Crippen LogP contribution in [-0.2, 0) is 16.1 Å². The molecular formula is C34H47N5O5. The normalized spacial score (nSPS) is 37.3. The third-order valence-electron chi connectivity index (χ3n) is 12.3. The van der Waals surface area contributed by atoms with Crippen molar-refractivity contribution in [2.24, 2.45) is 34.0 Å². The van der Waals surface area contributed by atoms with Crippen LogP contribution in [0.5, 0.6) is 0 Å². The Morgan fingerprint density at radius 2 is 1.95 bits per heavy atom. The van der Waals surface area contributed by atoms with E-state index < -0.39 is 34.4 Å². The van der Waals surface area contributed by atoms with Gasteiger partial charge in [0.15, 0.2) is 0 Å². The predicted molar refractivity (Wildman–Crippen MR) is 169 cm³/mol. The molecule has 0 radical (unpaired) electrons. The summed E-state index contributed by atoms with van der Waals surface area (Å²) in [6.07, 6.45) is 6.61. The van der Waals surface area contributed by atoms with Crippen LogP contribution in [0.2, 0.25) is 0 Å². The molecule has 3 aliphatic carbocycles. The van der Waals surface area contributed by atoms with Crippen LogP contribution < -0.4 is 15.6 Å². The average molecular weight is 606 g/mol. The Balaban J connectivity index is 1.42. The number of nitrogens with zero attached hydrogens (tertiary/aromatic N) is 4. The number of hydrogen-bond donors (Lipinski definition) is 2. The van der Waals surface area contributed by atoms with E-state index in [9.17, 15) is 19.5 Å². The van der Waals surface area contributed by atoms with Gasteiger partial charge in [-0.15, -0.1) is 6.58 Å². The van der Waals surface area contributed by atoms with Crippen LogP contribution in [0.4, 0.5) is 5.95 Å². The fraction of sp³-hybridized carbons (Fsp3) is 0.676. The summed E-state index contributed by atoms with van der Waals surface area (Å²) in [5.74, 6) is -0.328. The van der Waals surface area contributed by atoms with Crippen LogP contribution >= 0.6 is 0 Å². The number of aliphatic hydroxyl groups excluding tert-OH is 1. The second kappa shape index (κ2) is 11.1. The number of rotatable bonds is 5. The Morgan fingerprint density at radius 3 is 2.64 bits per heavy atom. The van der Waals surface area contributed by atoms with E-state index in [2.05, 4.69) is 42.6 Å². The minimum absolute atomic E-state index is 0.0785. The molecule has 3 saturated carbocycles. The lowest BCUT2D eigenvalue weighted by atomic mass is 9.44. The molecule has 2 aromatic rings. The van der Waals surface area contributed by atoms with Gasteiger partial charge < -0.3 is 24.6 Å². The van der Waals surface area contributed by atoms with Crippen LogP contribution in [-0.4, -0.2) is 69.8 Å². The molecule has 0 aromatic carbocycles. The van der Waals surface area contributed by atoms with Crippen molar-refractivity contribution in [3.8, 4) is 0 Å². The van der Waals surface area contributed by atoms with E-state index in [0.29, 0.717) is 31.0 Å². The molecule has 2 bridgehead atoms. The zero-order chi connectivity index (χ0) is 31.6. The van der Waals surface area contributed by atoms with E-state index in [1.165, 1.54) is 6.20 Å². The van der Waals surface area contributed by atoms with E-state index in [1.54, 1.807) is 16.8 Å². The SMILES string of the molecule is C=C[C@]1(C)C[C@@H](OC(=O)c2cn(CC)c3nc(N4CCNCC4)ncc3c2=O)[C@@]2(C)C3C(=O)CCC3(CC[C@H]2C)[C@@H](C)[C@@H]1O. The summed E-state index contributed by atoms with van der Waals surface area (Å²) in [6, 6.07) is 0. The molecule has 4 aliphatic rings. The Hall–Kier alpha value is -3.11. The van der Waals surface area contributed by atoms with Crippen LogP contribution in [0.25, 0.3) is 11.0 Å². The molecule has 2 aromatic heterocycles. The molecule has 0 spiro atoms. The first kappa shape index (κ1) is 30.9. The molecule has 1 saturated heterocycles. The Labute approximate surface area is 259 Å². The molecule has 0 amide bonds. The number of aliphatic hydroxyl groups is 1. The quantitative estimate of drug-likeness (QED) is 0.387. The Bertz CT molecular complexity index is 1550. The minimum atomic E-state index is -0.757. The van der Waals surface area contributed by atoms with E-state index in [0.717, 1.165) is 45.4 Å². The maximum atomic E-state index is 14.1. The fourth-order valence-corrected chi connectivity index (χ4v) is 9.26. The van der Waals surface area contributed by atoms with Crippen molar-refractivity contribution in [3.63, 3.8) is 0 Å². The van der Waals surface area contributed by atoms with Gasteiger partial charge in [0.05, 0.1) is 11.5 Å². The Morgan fingerprint density at radius 1 is 1.23 bits per heavy atom. The van der Waals surface area contributed by atoms with Crippen LogP contribution in [0.1, 0.15) is 77.1 Å². The van der Waals surface area contributed by atoms with Crippen LogP contribution in [0, 0.1) is 34.0 Å². The highest BCUT2D eigenvalue weighted by Crippen LogP contribution is 2.68. The lowest BCUT2D eigenvalue weighted by Gasteiger charge is -2.61. The van der Waals surface area contributed by atoms with Gasteiger partial charge in [-0.25, -0.2) is 9.78 Å². The number of aromatic nitrogens is 3. The molecule has 238 valence electrons. The highest BCUT2D eigenvalue weighted by atomic mass is 16.5. The van der Waals surface area contributed by atoms with E-state index in [1.807, 2.05) is 13.8 Å². The van der Waals surface area contributed by atoms with Crippen molar-refractivity contribution < 1.29 is 19.4 Å². The number of nitrogens with one attached hydrogen (secondary N) is 1. The molecule has 2 unspecified atom stereocenters. The van der Waals surface area contributed by atoms with Crippen molar-refractivity contribution in [1.82, 2.24) is 19.9 Å². The topological polar surface area (TPSA) is 127 Å². The number of fused-ring (bicyclic) bond motifs is 1. The van der Waals surface area contributed by atoms with E-state index in [4.69, 9.17) is 9.72 Å². The molecule has 44 heavy (non-hydrogen) atoms. The number of anilines is 1. The molecule has 10 nitrogen and oxygen atoms in total. The van der Waals surface area contributed by atoms with Gasteiger partial charge in [-0.2, -0.15) is 4.98 Å². The van der Waals surface area contributed by atoms with Gasteiger partial charge >= 0.3 is 5.97 Å². The first-order valence-electron chi connectivity index (χ1n) is 16.3. The summed E-state index contributed by atoms with van der Waals surface area (Å²) < 4.78 is 8.24. The largest absolute Gasteiger partial charge is 0.458 e. The lowest BCUT2D eigenvalue weighted by Crippen LogP contribution is -2.63. The minimum Gasteiger partial charge on any atom is -0.458 e. The maximum Gasteiger partial charge on any atom is 0.343 e. The Kier molecular flexibility index (Phi) is 7.76. The third-order valence-corrected chi connectivity index (χ3v) is 12.3. The van der Waals surface area contributed by atoms with Gasteiger partial charge in [-0.1, -0.05) is 33.8 Å². The molecule has 2 N–H and O–H groups in total. The molecular weight excluding hydrogens is 558 g/mol. The zero-order valence-corrected chi connectivity index (χ0v) is 26.8. The smallest absolute Gasteiger partial charge is 0.343 e. The van der Waals surface area contributed by atoms with Gasteiger partial charge in [0.1, 0.15) is 23.1 Å². The highest BCUT2D eigenvalue weighted by Gasteiger charge is 2.68. The van der Waals surface area contributed by atoms with Gasteiger partial charge in [0.25, 0.3) is 0 Å². The van der Waals surface area contributed by atoms with Crippen molar-refractivity contribution >= 4 is 28.7 Å². The average Bonchev–Trinajstić information content (AvgIpc) is 3.39. The number of ether oxygens (including phenoxy) is 1. The van der Waals surface area contributed by atoms with Gasteiger partial charge in [0, 0.05) is 68.3 Å². The number of aryl methyl sites for hydroxylation is 1. The van der Waals surface area contributed by atoms with Gasteiger partial charge in [0.2, 0.25) is 11.4 Å². The number of hydrogen-bond acceptors (Lipinski definition) is 9. The number of carbonyl (C=O) groups excluding carboxylic acids is 2. The number of esters is 1. The number of ketones is 1. The molecule has 4 fully saturated rings. The number of Topliss-reactive ketones (excluding diaryl/α,β-unsaturated/α-hetero) is 1. The van der Waals surface area contributed by atoms with Crippen molar-refractivity contribution in [1.29, 1.82) is 0 Å². The lowest BCUT2D eigenvalue weighted by molar-refractivity contribution is -0.192. The molecule has 8 atom stereocenters. The zero-order valence-electron chi connectivity index (χ0n) is 26.8. The number of pyridine rings is 1. The summed E-state index contributed by atoms with van der Waals surface area (Å²) in [5.41, 5.74) is -1.86. The van der Waals surface area contributed by atoms with Gasteiger partial charge in [-0.05, 0) is 49.9 Å². The van der Waals surface area contributed by atoms with Crippen LogP contribution in [0.3, 0.4) is 0 Å². The number of carbonyl (C=O) groups is 2. The molecule has 1 aliphatic heterocycles. The molecule has 6 rings (SSSR count). The summed E-state index contributed by atoms with van der Waals surface area (Å²) in [4.78, 5) is 53.0. The fourth-order valence-electron chi connectivity index (χ4n) is 9.26. The summed E-state index contributed by atoms with van der Waals surface area (Å²) in [5, 5.41) is 15.4. The van der Waals surface area contributed by atoms with Crippen molar-refractivity contribution in [3.05, 3.63) is 40.8 Å². The third kappa shape index (κ3) is 4.46.